The molecule has 11 heavy (non-hydrogen) atoms. The molecule has 0 heterocycles. The van der Waals surface area contributed by atoms with E-state index in [0.717, 1.165) is 12.8 Å². The fraction of sp³-hybridized carbons (Fsp3) is 0.750. The van der Waals surface area contributed by atoms with Gasteiger partial charge in [-0.2, -0.15) is 0 Å². The van der Waals surface area contributed by atoms with Gasteiger partial charge in [0.1, 0.15) is 5.78 Å². The average molecular weight is 154 g/mol. The molecule has 0 aromatic rings. The van der Waals surface area contributed by atoms with Gasteiger partial charge in [-0.25, -0.2) is 0 Å². The molecular formula is C8H10O3. The zero-order valence-electron chi connectivity index (χ0n) is 6.12. The van der Waals surface area contributed by atoms with E-state index in [9.17, 15) is 9.59 Å². The van der Waals surface area contributed by atoms with Crippen LogP contribution in [0.4, 0.5) is 0 Å². The standard InChI is InChI=1S/C8H10O3/c9-6-3-4-1-2-5(6)7(4)8(10)11/h4-5,7H,1-3H2,(H,10,11)/t4-,5-,7?/m0/s1. The first-order valence-electron chi connectivity index (χ1n) is 3.95. The Balaban J connectivity index is 2.25. The Morgan fingerprint density at radius 1 is 1.45 bits per heavy atom. The highest BCUT2D eigenvalue weighted by Crippen LogP contribution is 2.47. The smallest absolute Gasteiger partial charge is 0.307 e. The summed E-state index contributed by atoms with van der Waals surface area (Å²) in [6.45, 7) is 0. The van der Waals surface area contributed by atoms with Gasteiger partial charge in [0.25, 0.3) is 0 Å². The molecule has 2 rings (SSSR count). The molecule has 1 N–H and O–H groups in total. The lowest BCUT2D eigenvalue weighted by Crippen LogP contribution is -2.19. The van der Waals surface area contributed by atoms with Gasteiger partial charge in [0.15, 0.2) is 0 Å². The average Bonchev–Trinajstić information content (AvgIpc) is 2.41. The Hall–Kier alpha value is -0.860. The Labute approximate surface area is 64.4 Å². The van der Waals surface area contributed by atoms with Crippen LogP contribution in [0, 0.1) is 17.8 Å². The fourth-order valence-electron chi connectivity index (χ4n) is 2.46. The van der Waals surface area contributed by atoms with Gasteiger partial charge in [-0.05, 0) is 18.8 Å². The molecule has 60 valence electrons. The first kappa shape index (κ1) is 6.83. The number of aliphatic carboxylic acids is 1. The van der Waals surface area contributed by atoms with Crippen LogP contribution in [0.25, 0.3) is 0 Å². The van der Waals surface area contributed by atoms with Crippen LogP contribution in [0.1, 0.15) is 19.3 Å². The minimum atomic E-state index is -0.775. The van der Waals surface area contributed by atoms with E-state index in [-0.39, 0.29) is 23.5 Å². The predicted molar refractivity (Wildman–Crippen MR) is 37.0 cm³/mol. The van der Waals surface area contributed by atoms with E-state index in [1.807, 2.05) is 0 Å². The van der Waals surface area contributed by atoms with Crippen molar-refractivity contribution in [2.45, 2.75) is 19.3 Å². The van der Waals surface area contributed by atoms with Gasteiger partial charge in [-0.3, -0.25) is 9.59 Å². The lowest BCUT2D eigenvalue weighted by Gasteiger charge is -2.05. The summed E-state index contributed by atoms with van der Waals surface area (Å²) in [5.41, 5.74) is 0. The summed E-state index contributed by atoms with van der Waals surface area (Å²) >= 11 is 0. The molecule has 2 bridgehead atoms. The summed E-state index contributed by atoms with van der Waals surface area (Å²) in [5, 5.41) is 8.76. The second kappa shape index (κ2) is 2.06. The van der Waals surface area contributed by atoms with Crippen molar-refractivity contribution in [2.24, 2.45) is 17.8 Å². The van der Waals surface area contributed by atoms with Gasteiger partial charge in [0.05, 0.1) is 5.92 Å². The van der Waals surface area contributed by atoms with Crippen LogP contribution >= 0.6 is 0 Å². The van der Waals surface area contributed by atoms with Crippen LogP contribution in [0.3, 0.4) is 0 Å². The first-order chi connectivity index (χ1) is 5.20. The highest BCUT2D eigenvalue weighted by Gasteiger charge is 2.50. The van der Waals surface area contributed by atoms with Crippen LogP contribution in [-0.4, -0.2) is 16.9 Å². The monoisotopic (exact) mass is 154 g/mol. The van der Waals surface area contributed by atoms with Crippen LogP contribution < -0.4 is 0 Å². The van der Waals surface area contributed by atoms with Gasteiger partial charge in [0, 0.05) is 12.3 Å². The summed E-state index contributed by atoms with van der Waals surface area (Å²) in [5.74, 6) is -0.929. The van der Waals surface area contributed by atoms with E-state index >= 15 is 0 Å². The largest absolute Gasteiger partial charge is 0.481 e. The summed E-state index contributed by atoms with van der Waals surface area (Å²) in [7, 11) is 0. The van der Waals surface area contributed by atoms with E-state index in [1.54, 1.807) is 0 Å². The van der Waals surface area contributed by atoms with Crippen molar-refractivity contribution in [3.8, 4) is 0 Å². The van der Waals surface area contributed by atoms with Gasteiger partial charge >= 0.3 is 5.97 Å². The Morgan fingerprint density at radius 3 is 2.45 bits per heavy atom. The molecule has 0 amide bonds. The van der Waals surface area contributed by atoms with Gasteiger partial charge < -0.3 is 5.11 Å². The summed E-state index contributed by atoms with van der Waals surface area (Å²) in [4.78, 5) is 21.7. The number of ketones is 1. The molecule has 0 saturated heterocycles. The molecule has 0 radical (unpaired) electrons. The van der Waals surface area contributed by atoms with Crippen molar-refractivity contribution in [1.82, 2.24) is 0 Å². The van der Waals surface area contributed by atoms with Crippen LogP contribution in [0.15, 0.2) is 0 Å². The minimum absolute atomic E-state index is 0.141. The molecule has 0 aromatic carbocycles. The maximum absolute atomic E-state index is 11.1. The maximum Gasteiger partial charge on any atom is 0.307 e. The summed E-state index contributed by atoms with van der Waals surface area (Å²) < 4.78 is 0. The molecule has 0 aromatic heterocycles. The molecule has 0 aliphatic heterocycles. The van der Waals surface area contributed by atoms with Gasteiger partial charge in [-0.1, -0.05) is 0 Å². The third-order valence-electron chi connectivity index (χ3n) is 2.95. The summed E-state index contributed by atoms with van der Waals surface area (Å²) in [6.07, 6.45) is 2.26. The first-order valence-corrected chi connectivity index (χ1v) is 3.95. The van der Waals surface area contributed by atoms with E-state index in [0.29, 0.717) is 6.42 Å². The minimum Gasteiger partial charge on any atom is -0.481 e. The van der Waals surface area contributed by atoms with Crippen molar-refractivity contribution >= 4 is 11.8 Å². The zero-order valence-corrected chi connectivity index (χ0v) is 6.12. The number of rotatable bonds is 1. The number of carbonyl (C=O) groups excluding carboxylic acids is 1. The second-order valence-corrected chi connectivity index (χ2v) is 3.48. The van der Waals surface area contributed by atoms with E-state index in [2.05, 4.69) is 0 Å². The normalized spacial score (nSPS) is 41.5. The van der Waals surface area contributed by atoms with Gasteiger partial charge in [0.2, 0.25) is 0 Å². The van der Waals surface area contributed by atoms with Crippen molar-refractivity contribution in [3.63, 3.8) is 0 Å². The molecule has 3 nitrogen and oxygen atoms in total. The molecule has 2 fully saturated rings. The van der Waals surface area contributed by atoms with Crippen molar-refractivity contribution in [2.75, 3.05) is 0 Å². The third kappa shape index (κ3) is 0.800. The number of carbonyl (C=O) groups is 2. The number of carboxylic acid groups (broad SMARTS) is 1. The third-order valence-corrected chi connectivity index (χ3v) is 2.95. The zero-order chi connectivity index (χ0) is 8.01. The second-order valence-electron chi connectivity index (χ2n) is 3.48. The quantitative estimate of drug-likeness (QED) is 0.604. The highest BCUT2D eigenvalue weighted by molar-refractivity contribution is 5.91. The summed E-state index contributed by atoms with van der Waals surface area (Å²) in [6, 6.07) is 0. The highest BCUT2D eigenvalue weighted by atomic mass is 16.4. The van der Waals surface area contributed by atoms with Crippen molar-refractivity contribution in [3.05, 3.63) is 0 Å². The lowest BCUT2D eigenvalue weighted by molar-refractivity contribution is -0.144. The number of hydrogen-bond donors (Lipinski definition) is 1. The molecule has 2 aliphatic rings. The van der Waals surface area contributed by atoms with Crippen LogP contribution in [0.5, 0.6) is 0 Å². The molecule has 0 spiro atoms. The maximum atomic E-state index is 11.1. The molecule has 2 saturated carbocycles. The Kier molecular flexibility index (Phi) is 1.28. The van der Waals surface area contributed by atoms with Crippen molar-refractivity contribution < 1.29 is 14.7 Å². The van der Waals surface area contributed by atoms with Crippen LogP contribution in [-0.2, 0) is 9.59 Å². The number of hydrogen-bond acceptors (Lipinski definition) is 2. The Morgan fingerprint density at radius 2 is 2.18 bits per heavy atom. The van der Waals surface area contributed by atoms with E-state index in [4.69, 9.17) is 5.11 Å². The molecule has 1 unspecified atom stereocenters. The predicted octanol–water partition coefficient (Wildman–Crippen LogP) is 0.686. The number of fused-ring (bicyclic) bond motifs is 2. The molecule has 3 heteroatoms. The van der Waals surface area contributed by atoms with E-state index < -0.39 is 5.97 Å². The van der Waals surface area contributed by atoms with Crippen molar-refractivity contribution in [1.29, 1.82) is 0 Å². The SMILES string of the molecule is O=C(O)C1[C@H]2CC[C@H]1C(=O)C2. The van der Waals surface area contributed by atoms with Gasteiger partial charge in [-0.15, -0.1) is 0 Å². The fourth-order valence-corrected chi connectivity index (χ4v) is 2.46. The number of carboxylic acids is 1. The molecule has 2 aliphatic carbocycles. The molecular weight excluding hydrogens is 144 g/mol. The Bertz CT molecular complexity index is 221. The topological polar surface area (TPSA) is 54.4 Å². The van der Waals surface area contributed by atoms with Crippen LogP contribution in [0.2, 0.25) is 0 Å². The van der Waals surface area contributed by atoms with E-state index in [1.165, 1.54) is 0 Å². The molecule has 3 atom stereocenters. The number of Topliss-reactive ketones (excluding diaryl/α,β-unsaturated/α-hetero) is 1. The lowest BCUT2D eigenvalue weighted by atomic mass is 9.98.